The summed E-state index contributed by atoms with van der Waals surface area (Å²) in [6, 6.07) is 4.86. The SMILES string of the molecule is CCNCc1cccc(F)c1OCc1nc(CC)no1. The predicted molar refractivity (Wildman–Crippen MR) is 71.8 cm³/mol. The van der Waals surface area contributed by atoms with E-state index in [2.05, 4.69) is 15.5 Å². The lowest BCUT2D eigenvalue weighted by Crippen LogP contribution is -2.13. The van der Waals surface area contributed by atoms with Crippen molar-refractivity contribution in [2.75, 3.05) is 6.54 Å². The van der Waals surface area contributed by atoms with Crippen LogP contribution in [0, 0.1) is 5.82 Å². The van der Waals surface area contributed by atoms with Gasteiger partial charge in [-0.15, -0.1) is 0 Å². The number of aryl methyl sites for hydroxylation is 1. The van der Waals surface area contributed by atoms with Crippen LogP contribution >= 0.6 is 0 Å². The molecule has 6 heteroatoms. The molecule has 2 rings (SSSR count). The summed E-state index contributed by atoms with van der Waals surface area (Å²) in [5.41, 5.74) is 0.766. The van der Waals surface area contributed by atoms with E-state index in [-0.39, 0.29) is 12.4 Å². The van der Waals surface area contributed by atoms with Crippen LogP contribution in [0.2, 0.25) is 0 Å². The van der Waals surface area contributed by atoms with Gasteiger partial charge in [0.05, 0.1) is 0 Å². The summed E-state index contributed by atoms with van der Waals surface area (Å²) >= 11 is 0. The fraction of sp³-hybridized carbons (Fsp3) is 0.429. The average molecular weight is 279 g/mol. The van der Waals surface area contributed by atoms with E-state index < -0.39 is 5.82 Å². The van der Waals surface area contributed by atoms with Gasteiger partial charge in [0.2, 0.25) is 0 Å². The molecule has 0 spiro atoms. The first-order valence-electron chi connectivity index (χ1n) is 6.67. The van der Waals surface area contributed by atoms with Crippen LogP contribution in [-0.2, 0) is 19.6 Å². The van der Waals surface area contributed by atoms with Crippen molar-refractivity contribution in [3.05, 3.63) is 41.3 Å². The summed E-state index contributed by atoms with van der Waals surface area (Å²) in [6.45, 7) is 5.34. The molecule has 0 saturated carbocycles. The van der Waals surface area contributed by atoms with E-state index in [9.17, 15) is 4.39 Å². The van der Waals surface area contributed by atoms with Gasteiger partial charge in [-0.3, -0.25) is 0 Å². The average Bonchev–Trinajstić information content (AvgIpc) is 2.92. The van der Waals surface area contributed by atoms with Crippen LogP contribution < -0.4 is 10.1 Å². The molecule has 0 unspecified atom stereocenters. The molecule has 1 heterocycles. The Labute approximate surface area is 117 Å². The summed E-state index contributed by atoms with van der Waals surface area (Å²) in [7, 11) is 0. The van der Waals surface area contributed by atoms with E-state index in [4.69, 9.17) is 9.26 Å². The molecule has 108 valence electrons. The molecule has 0 amide bonds. The van der Waals surface area contributed by atoms with Gasteiger partial charge in [-0.05, 0) is 12.6 Å². The zero-order valence-corrected chi connectivity index (χ0v) is 11.6. The zero-order chi connectivity index (χ0) is 14.4. The van der Waals surface area contributed by atoms with Gasteiger partial charge < -0.3 is 14.6 Å². The third-order valence-electron chi connectivity index (χ3n) is 2.78. The molecule has 0 aliphatic carbocycles. The quantitative estimate of drug-likeness (QED) is 0.843. The van der Waals surface area contributed by atoms with Crippen LogP contribution in [0.4, 0.5) is 4.39 Å². The molecule has 1 aromatic heterocycles. The predicted octanol–water partition coefficient (Wildman–Crippen LogP) is 2.46. The Bertz CT molecular complexity index is 557. The van der Waals surface area contributed by atoms with Gasteiger partial charge in [-0.1, -0.05) is 31.1 Å². The van der Waals surface area contributed by atoms with Crippen molar-refractivity contribution < 1.29 is 13.7 Å². The van der Waals surface area contributed by atoms with Crippen LogP contribution in [0.15, 0.2) is 22.7 Å². The molecule has 1 aromatic carbocycles. The number of nitrogens with zero attached hydrogens (tertiary/aromatic N) is 2. The Morgan fingerprint density at radius 1 is 1.35 bits per heavy atom. The Morgan fingerprint density at radius 2 is 2.20 bits per heavy atom. The molecule has 5 nitrogen and oxygen atoms in total. The number of hydrogen-bond acceptors (Lipinski definition) is 5. The number of ether oxygens (including phenoxy) is 1. The molecular formula is C14H18FN3O2. The van der Waals surface area contributed by atoms with Crippen LogP contribution in [-0.4, -0.2) is 16.7 Å². The lowest BCUT2D eigenvalue weighted by molar-refractivity contribution is 0.231. The molecule has 1 N–H and O–H groups in total. The van der Waals surface area contributed by atoms with Crippen LogP contribution in [0.3, 0.4) is 0 Å². The second kappa shape index (κ2) is 7.00. The highest BCUT2D eigenvalue weighted by Gasteiger charge is 2.12. The molecule has 0 fully saturated rings. The lowest BCUT2D eigenvalue weighted by atomic mass is 10.2. The maximum atomic E-state index is 13.8. The van der Waals surface area contributed by atoms with Crippen LogP contribution in [0.1, 0.15) is 31.1 Å². The second-order valence-electron chi connectivity index (χ2n) is 4.25. The topological polar surface area (TPSA) is 60.2 Å². The van der Waals surface area contributed by atoms with E-state index in [0.717, 1.165) is 12.1 Å². The zero-order valence-electron chi connectivity index (χ0n) is 11.6. The van der Waals surface area contributed by atoms with Gasteiger partial charge in [-0.2, -0.15) is 4.98 Å². The normalized spacial score (nSPS) is 10.8. The number of benzene rings is 1. The summed E-state index contributed by atoms with van der Waals surface area (Å²) in [6.07, 6.45) is 0.689. The highest BCUT2D eigenvalue weighted by atomic mass is 19.1. The first-order valence-corrected chi connectivity index (χ1v) is 6.67. The number of rotatable bonds is 7. The Morgan fingerprint density at radius 3 is 2.90 bits per heavy atom. The highest BCUT2D eigenvalue weighted by molar-refractivity contribution is 5.34. The molecule has 0 radical (unpaired) electrons. The number of nitrogens with one attached hydrogen (secondary N) is 1. The summed E-state index contributed by atoms with van der Waals surface area (Å²) in [4.78, 5) is 4.12. The lowest BCUT2D eigenvalue weighted by Gasteiger charge is -2.11. The van der Waals surface area contributed by atoms with Crippen molar-refractivity contribution in [3.8, 4) is 5.75 Å². The first-order chi connectivity index (χ1) is 9.74. The van der Waals surface area contributed by atoms with Crippen molar-refractivity contribution in [2.45, 2.75) is 33.4 Å². The standard InChI is InChI=1S/C14H18FN3O2/c1-3-12-17-13(20-18-12)9-19-14-10(8-16-4-2)6-5-7-11(14)15/h5-7,16H,3-4,8-9H2,1-2H3. The third-order valence-corrected chi connectivity index (χ3v) is 2.78. The Balaban J connectivity index is 2.07. The molecular weight excluding hydrogens is 261 g/mol. The largest absolute Gasteiger partial charge is 0.480 e. The molecule has 0 aliphatic heterocycles. The summed E-state index contributed by atoms with van der Waals surface area (Å²) in [5.74, 6) is 0.796. The van der Waals surface area contributed by atoms with Crippen molar-refractivity contribution in [1.29, 1.82) is 0 Å². The highest BCUT2D eigenvalue weighted by Crippen LogP contribution is 2.23. The van der Waals surface area contributed by atoms with Gasteiger partial charge in [0.1, 0.15) is 0 Å². The smallest absolute Gasteiger partial charge is 0.264 e. The minimum absolute atomic E-state index is 0.0626. The van der Waals surface area contributed by atoms with Crippen LogP contribution in [0.25, 0.3) is 0 Å². The molecule has 0 aliphatic rings. The maximum absolute atomic E-state index is 13.8. The summed E-state index contributed by atoms with van der Waals surface area (Å²) in [5, 5.41) is 6.91. The number of aromatic nitrogens is 2. The molecule has 0 bridgehead atoms. The van der Waals surface area contributed by atoms with E-state index in [1.807, 2.05) is 19.9 Å². The Kier molecular flexibility index (Phi) is 5.06. The third kappa shape index (κ3) is 3.54. The number of halogens is 1. The van der Waals surface area contributed by atoms with Crippen molar-refractivity contribution in [3.63, 3.8) is 0 Å². The molecule has 20 heavy (non-hydrogen) atoms. The van der Waals surface area contributed by atoms with Crippen molar-refractivity contribution in [2.24, 2.45) is 0 Å². The Hall–Kier alpha value is -1.95. The van der Waals surface area contributed by atoms with Gasteiger partial charge in [0, 0.05) is 18.5 Å². The fourth-order valence-electron chi connectivity index (χ4n) is 1.74. The minimum atomic E-state index is -0.393. The van der Waals surface area contributed by atoms with E-state index in [0.29, 0.717) is 24.7 Å². The first kappa shape index (κ1) is 14.5. The van der Waals surface area contributed by atoms with Gasteiger partial charge in [0.15, 0.2) is 24.0 Å². The van der Waals surface area contributed by atoms with Crippen molar-refractivity contribution in [1.82, 2.24) is 15.5 Å². The molecule has 2 aromatic rings. The number of para-hydroxylation sites is 1. The molecule has 0 saturated heterocycles. The van der Waals surface area contributed by atoms with E-state index >= 15 is 0 Å². The second-order valence-corrected chi connectivity index (χ2v) is 4.25. The van der Waals surface area contributed by atoms with E-state index in [1.165, 1.54) is 6.07 Å². The van der Waals surface area contributed by atoms with Crippen LogP contribution in [0.5, 0.6) is 5.75 Å². The monoisotopic (exact) mass is 279 g/mol. The van der Waals surface area contributed by atoms with Crippen molar-refractivity contribution >= 4 is 0 Å². The maximum Gasteiger partial charge on any atom is 0.264 e. The number of hydrogen-bond donors (Lipinski definition) is 1. The van der Waals surface area contributed by atoms with Gasteiger partial charge in [0.25, 0.3) is 5.89 Å². The van der Waals surface area contributed by atoms with E-state index in [1.54, 1.807) is 6.07 Å². The minimum Gasteiger partial charge on any atom is -0.480 e. The fourth-order valence-corrected chi connectivity index (χ4v) is 1.74. The molecule has 0 atom stereocenters. The summed E-state index contributed by atoms with van der Waals surface area (Å²) < 4.78 is 24.3. The van der Waals surface area contributed by atoms with Gasteiger partial charge >= 0.3 is 0 Å². The van der Waals surface area contributed by atoms with Gasteiger partial charge in [-0.25, -0.2) is 4.39 Å².